The summed E-state index contributed by atoms with van der Waals surface area (Å²) in [5.74, 6) is -6.31. The summed E-state index contributed by atoms with van der Waals surface area (Å²) in [6.45, 7) is 0.652. The molecule has 21 heteroatoms. The van der Waals surface area contributed by atoms with Gasteiger partial charge in [0.1, 0.15) is 11.4 Å². The molecule has 234 valence electrons. The lowest BCUT2D eigenvalue weighted by molar-refractivity contribution is 0.0762. The van der Waals surface area contributed by atoms with Crippen LogP contribution in [0.25, 0.3) is 6.08 Å². The summed E-state index contributed by atoms with van der Waals surface area (Å²) in [7, 11) is -18.5. The molecule has 0 saturated carbocycles. The third kappa shape index (κ3) is 15.9. The molecular weight excluding hydrogens is 634 g/mol. The molecule has 1 heterocycles. The Hall–Kier alpha value is -2.53. The van der Waals surface area contributed by atoms with Crippen molar-refractivity contribution in [1.82, 2.24) is 14.8 Å². The van der Waals surface area contributed by atoms with E-state index in [1.165, 1.54) is 6.08 Å². The molecule has 1 aromatic rings. The van der Waals surface area contributed by atoms with Crippen LogP contribution in [0.5, 0.6) is 0 Å². The second-order valence-corrected chi connectivity index (χ2v) is 15.3. The number of carbonyl (C=O) groups excluding carboxylic acids is 2. The van der Waals surface area contributed by atoms with Crippen LogP contribution >= 0.6 is 0 Å². The Morgan fingerprint density at radius 2 is 0.976 bits per heavy atom. The van der Waals surface area contributed by atoms with Crippen LogP contribution in [0.2, 0.25) is 0 Å². The van der Waals surface area contributed by atoms with Gasteiger partial charge >= 0.3 is 0 Å². The summed E-state index contributed by atoms with van der Waals surface area (Å²) in [6.07, 6.45) is 3.13. The van der Waals surface area contributed by atoms with Crippen LogP contribution in [0.4, 0.5) is 0 Å². The van der Waals surface area contributed by atoms with Gasteiger partial charge in [0.15, 0.2) is 0 Å². The smallest absolute Gasteiger partial charge is 0.272 e. The lowest BCUT2D eigenvalue weighted by Gasteiger charge is -2.23. The monoisotopic (exact) mass is 665 g/mol. The van der Waals surface area contributed by atoms with Gasteiger partial charge < -0.3 is 9.80 Å². The number of pyridine rings is 1. The Balaban J connectivity index is 3.63. The van der Waals surface area contributed by atoms with Crippen molar-refractivity contribution in [2.24, 2.45) is 5.92 Å². The molecule has 0 atom stereocenters. The van der Waals surface area contributed by atoms with Crippen LogP contribution < -0.4 is 0 Å². The van der Waals surface area contributed by atoms with E-state index in [1.54, 1.807) is 19.9 Å². The van der Waals surface area contributed by atoms with Crippen molar-refractivity contribution >= 4 is 58.4 Å². The Morgan fingerprint density at radius 1 is 0.683 bits per heavy atom. The van der Waals surface area contributed by atoms with Crippen molar-refractivity contribution in [3.05, 3.63) is 35.2 Å². The first-order chi connectivity index (χ1) is 18.5. The summed E-state index contributed by atoms with van der Waals surface area (Å²) < 4.78 is 126. The summed E-state index contributed by atoms with van der Waals surface area (Å²) in [5, 5.41) is 0. The van der Waals surface area contributed by atoms with Gasteiger partial charge in [0.25, 0.3) is 52.3 Å². The minimum atomic E-state index is -4.62. The van der Waals surface area contributed by atoms with Gasteiger partial charge in [-0.2, -0.15) is 33.7 Å². The van der Waals surface area contributed by atoms with Gasteiger partial charge in [-0.3, -0.25) is 27.8 Å². The van der Waals surface area contributed by atoms with Crippen LogP contribution in [0.15, 0.2) is 18.2 Å². The SMILES string of the molecule is CC(C)/C=C/c1cc(C(=O)N(CCS(=O)(=O)O)CCS(=O)(=O)O)nc(C(=O)N(CCS(=O)(=O)O)CCS(=O)(=O)O)c1. The van der Waals surface area contributed by atoms with Gasteiger partial charge in [-0.25, -0.2) is 4.98 Å². The van der Waals surface area contributed by atoms with E-state index in [9.17, 15) is 43.3 Å². The molecule has 0 spiro atoms. The summed E-state index contributed by atoms with van der Waals surface area (Å²) in [4.78, 5) is 31.7. The highest BCUT2D eigenvalue weighted by atomic mass is 32.2. The molecule has 0 aliphatic carbocycles. The van der Waals surface area contributed by atoms with Crippen LogP contribution in [-0.4, -0.2) is 128 Å². The second-order valence-electron chi connectivity index (χ2n) is 9.00. The summed E-state index contributed by atoms with van der Waals surface area (Å²) in [6, 6.07) is 2.32. The molecular formula is C20H31N3O14S4. The number of amides is 2. The first kappa shape index (κ1) is 36.5. The van der Waals surface area contributed by atoms with Crippen molar-refractivity contribution in [2.45, 2.75) is 13.8 Å². The largest absolute Gasteiger partial charge is 0.335 e. The highest BCUT2D eigenvalue weighted by molar-refractivity contribution is 7.86. The average Bonchev–Trinajstić information content (AvgIpc) is 2.79. The van der Waals surface area contributed by atoms with Crippen LogP contribution in [0.1, 0.15) is 40.4 Å². The third-order valence-electron chi connectivity index (χ3n) is 5.01. The van der Waals surface area contributed by atoms with E-state index in [1.807, 2.05) is 0 Å². The fourth-order valence-electron chi connectivity index (χ4n) is 3.03. The molecule has 2 amide bonds. The van der Waals surface area contributed by atoms with Crippen molar-refractivity contribution in [3.8, 4) is 0 Å². The van der Waals surface area contributed by atoms with Crippen molar-refractivity contribution in [1.29, 1.82) is 0 Å². The van der Waals surface area contributed by atoms with Gasteiger partial charge in [0.05, 0.1) is 23.0 Å². The predicted molar refractivity (Wildman–Crippen MR) is 146 cm³/mol. The predicted octanol–water partition coefficient (Wildman–Crippen LogP) is -0.814. The molecule has 1 rings (SSSR count). The number of allylic oxidation sites excluding steroid dienone is 1. The van der Waals surface area contributed by atoms with E-state index < -0.39 is 113 Å². The Kier molecular flexibility index (Phi) is 13.0. The van der Waals surface area contributed by atoms with Crippen molar-refractivity contribution < 1.29 is 61.5 Å². The first-order valence-corrected chi connectivity index (χ1v) is 18.0. The van der Waals surface area contributed by atoms with Crippen LogP contribution in [-0.2, 0) is 40.5 Å². The second kappa shape index (κ2) is 14.6. The van der Waals surface area contributed by atoms with E-state index in [0.717, 1.165) is 12.1 Å². The van der Waals surface area contributed by atoms with Crippen LogP contribution in [0, 0.1) is 5.92 Å². The number of hydrogen-bond donors (Lipinski definition) is 4. The maximum atomic E-state index is 13.3. The zero-order valence-corrected chi connectivity index (χ0v) is 25.2. The third-order valence-corrected chi connectivity index (χ3v) is 7.80. The molecule has 0 saturated heterocycles. The fourth-order valence-corrected chi connectivity index (χ4v) is 4.83. The maximum absolute atomic E-state index is 13.3. The first-order valence-electron chi connectivity index (χ1n) is 11.6. The van der Waals surface area contributed by atoms with Gasteiger partial charge in [-0.05, 0) is 23.6 Å². The molecule has 0 fully saturated rings. The molecule has 4 N–H and O–H groups in total. The number of rotatable bonds is 16. The maximum Gasteiger partial charge on any atom is 0.272 e. The number of nitrogens with zero attached hydrogens (tertiary/aromatic N) is 3. The Bertz CT molecular complexity index is 1390. The van der Waals surface area contributed by atoms with Gasteiger partial charge in [-0.15, -0.1) is 0 Å². The molecule has 41 heavy (non-hydrogen) atoms. The summed E-state index contributed by atoms with van der Waals surface area (Å²) in [5.41, 5.74) is -0.890. The van der Waals surface area contributed by atoms with Gasteiger partial charge in [-0.1, -0.05) is 26.0 Å². The zero-order valence-electron chi connectivity index (χ0n) is 21.9. The lowest BCUT2D eigenvalue weighted by Crippen LogP contribution is -2.40. The Labute approximate surface area is 238 Å². The number of carbonyl (C=O) groups is 2. The Morgan fingerprint density at radius 3 is 1.22 bits per heavy atom. The van der Waals surface area contributed by atoms with E-state index >= 15 is 0 Å². The van der Waals surface area contributed by atoms with E-state index in [4.69, 9.17) is 18.2 Å². The van der Waals surface area contributed by atoms with Gasteiger partial charge in [0.2, 0.25) is 0 Å². The quantitative estimate of drug-likeness (QED) is 0.157. The normalized spacial score (nSPS) is 13.0. The molecule has 0 bridgehead atoms. The van der Waals surface area contributed by atoms with E-state index in [2.05, 4.69) is 4.98 Å². The van der Waals surface area contributed by atoms with Crippen molar-refractivity contribution in [2.75, 3.05) is 49.2 Å². The molecule has 0 radical (unpaired) electrons. The highest BCUT2D eigenvalue weighted by Crippen LogP contribution is 2.15. The average molecular weight is 666 g/mol. The minimum Gasteiger partial charge on any atom is -0.335 e. The molecule has 1 aromatic heterocycles. The lowest BCUT2D eigenvalue weighted by atomic mass is 10.1. The minimum absolute atomic E-state index is 0.0245. The van der Waals surface area contributed by atoms with Crippen molar-refractivity contribution in [3.63, 3.8) is 0 Å². The molecule has 17 nitrogen and oxygen atoms in total. The zero-order chi connectivity index (χ0) is 31.8. The number of aromatic nitrogens is 1. The fraction of sp³-hybridized carbons (Fsp3) is 0.550. The molecule has 0 aromatic carbocycles. The molecule has 0 aliphatic heterocycles. The molecule has 0 unspecified atom stereocenters. The number of hydrogen-bond acceptors (Lipinski definition) is 11. The topological polar surface area (TPSA) is 271 Å². The van der Waals surface area contributed by atoms with Gasteiger partial charge in [0, 0.05) is 26.2 Å². The van der Waals surface area contributed by atoms with Crippen LogP contribution in [0.3, 0.4) is 0 Å². The standard InChI is InChI=1S/C20H31N3O14S4/c1-15(2)3-4-16-13-17(19(24)22(5-9-38(26,27)28)6-10-39(29,30)31)21-18(14-16)20(25)23(7-11-40(32,33)34)8-12-41(35,36)37/h3-4,13-15H,5-12H2,1-2H3,(H,26,27,28)(H,29,30,31)(H,32,33,34)(H,35,36,37)/b4-3+. The summed E-state index contributed by atoms with van der Waals surface area (Å²) >= 11 is 0. The molecule has 0 aliphatic rings. The van der Waals surface area contributed by atoms with E-state index in [0.29, 0.717) is 9.80 Å². The van der Waals surface area contributed by atoms with E-state index in [-0.39, 0.29) is 11.5 Å². The highest BCUT2D eigenvalue weighted by Gasteiger charge is 2.26.